The molecule has 2 heterocycles. The number of non-ortho nitro benzene ring substituents is 1. The number of sulfonamides is 1. The predicted molar refractivity (Wildman–Crippen MR) is 108 cm³/mol. The summed E-state index contributed by atoms with van der Waals surface area (Å²) in [6.07, 6.45) is 0.607. The summed E-state index contributed by atoms with van der Waals surface area (Å²) in [4.78, 5) is 24.8. The van der Waals surface area contributed by atoms with E-state index in [1.807, 2.05) is 24.3 Å². The minimum absolute atomic E-state index is 0.00478. The third kappa shape index (κ3) is 3.88. The fourth-order valence-corrected chi connectivity index (χ4v) is 5.20. The number of carbonyl (C=O) groups excluding carboxylic acids is 1. The topological polar surface area (TPSA) is 110 Å². The van der Waals surface area contributed by atoms with Gasteiger partial charge in [0.1, 0.15) is 12.4 Å². The molecular formula is C20H21N3O6S. The molecule has 10 heteroatoms. The lowest BCUT2D eigenvalue weighted by Crippen LogP contribution is -2.52. The van der Waals surface area contributed by atoms with Gasteiger partial charge in [0, 0.05) is 38.3 Å². The monoisotopic (exact) mass is 431 g/mol. The number of carbonyl (C=O) groups is 1. The smallest absolute Gasteiger partial charge is 0.269 e. The number of rotatable bonds is 4. The van der Waals surface area contributed by atoms with Crippen molar-refractivity contribution in [2.45, 2.75) is 11.3 Å². The molecule has 0 bridgehead atoms. The summed E-state index contributed by atoms with van der Waals surface area (Å²) in [7, 11) is -3.77. The van der Waals surface area contributed by atoms with E-state index in [0.717, 1.165) is 11.3 Å². The second-order valence-corrected chi connectivity index (χ2v) is 9.24. The number of amides is 1. The molecule has 0 radical (unpaired) electrons. The molecule has 0 saturated carbocycles. The molecule has 9 nitrogen and oxygen atoms in total. The van der Waals surface area contributed by atoms with Crippen LogP contribution in [-0.2, 0) is 21.2 Å². The highest BCUT2D eigenvalue weighted by molar-refractivity contribution is 7.89. The molecule has 1 amide bonds. The van der Waals surface area contributed by atoms with Crippen LogP contribution in [0.15, 0.2) is 53.4 Å². The SMILES string of the molecule is O=C([C@H]1COc2ccccc2C1)N1CCN(S(=O)(=O)c2ccc([N+](=O)[O-])cc2)CC1. The van der Waals surface area contributed by atoms with Crippen molar-refractivity contribution in [3.63, 3.8) is 0 Å². The van der Waals surface area contributed by atoms with Gasteiger partial charge >= 0.3 is 0 Å². The number of hydrogen-bond donors (Lipinski definition) is 0. The molecule has 2 aromatic carbocycles. The first-order chi connectivity index (χ1) is 14.4. The van der Waals surface area contributed by atoms with E-state index in [1.165, 1.54) is 28.6 Å². The zero-order valence-electron chi connectivity index (χ0n) is 16.1. The summed E-state index contributed by atoms with van der Waals surface area (Å²) in [6, 6.07) is 12.5. The first-order valence-electron chi connectivity index (χ1n) is 9.60. The number of ether oxygens (including phenoxy) is 1. The standard InChI is InChI=1S/C20H21N3O6S/c24-20(16-13-15-3-1-2-4-19(15)29-14-16)21-9-11-22(12-10-21)30(27,28)18-7-5-17(6-8-18)23(25)26/h1-8,16H,9-14H2/t16-/m1/s1. The summed E-state index contributed by atoms with van der Waals surface area (Å²) in [5, 5.41) is 10.8. The van der Waals surface area contributed by atoms with Gasteiger partial charge in [-0.05, 0) is 30.2 Å². The molecule has 2 aliphatic heterocycles. The molecule has 1 atom stereocenters. The van der Waals surface area contributed by atoms with Crippen LogP contribution in [0.25, 0.3) is 0 Å². The van der Waals surface area contributed by atoms with Gasteiger partial charge in [-0.25, -0.2) is 8.42 Å². The molecule has 1 saturated heterocycles. The third-order valence-corrected chi connectivity index (χ3v) is 7.38. The van der Waals surface area contributed by atoms with Crippen molar-refractivity contribution in [1.82, 2.24) is 9.21 Å². The highest BCUT2D eigenvalue weighted by Crippen LogP contribution is 2.28. The zero-order chi connectivity index (χ0) is 21.3. The van der Waals surface area contributed by atoms with Crippen LogP contribution < -0.4 is 4.74 Å². The zero-order valence-corrected chi connectivity index (χ0v) is 17.0. The lowest BCUT2D eigenvalue weighted by atomic mass is 9.95. The van der Waals surface area contributed by atoms with Gasteiger partial charge in [-0.3, -0.25) is 14.9 Å². The van der Waals surface area contributed by atoms with Crippen LogP contribution in [-0.4, -0.2) is 61.2 Å². The highest BCUT2D eigenvalue weighted by Gasteiger charge is 2.34. The molecule has 4 rings (SSSR count). The van der Waals surface area contributed by atoms with Crippen molar-refractivity contribution < 1.29 is 22.9 Å². The van der Waals surface area contributed by atoms with Crippen LogP contribution in [0.1, 0.15) is 5.56 Å². The Balaban J connectivity index is 1.38. The Morgan fingerprint density at radius 1 is 1.03 bits per heavy atom. The summed E-state index contributed by atoms with van der Waals surface area (Å²) in [5.74, 6) is 0.496. The molecular weight excluding hydrogens is 410 g/mol. The van der Waals surface area contributed by atoms with E-state index in [9.17, 15) is 23.3 Å². The minimum Gasteiger partial charge on any atom is -0.492 e. The van der Waals surface area contributed by atoms with Crippen LogP contribution in [0.3, 0.4) is 0 Å². The van der Waals surface area contributed by atoms with Gasteiger partial charge in [0.05, 0.1) is 15.7 Å². The maximum absolute atomic E-state index is 12.9. The van der Waals surface area contributed by atoms with Gasteiger partial charge in [-0.1, -0.05) is 18.2 Å². The summed E-state index contributed by atoms with van der Waals surface area (Å²) < 4.78 is 32.6. The van der Waals surface area contributed by atoms with Gasteiger partial charge in [-0.15, -0.1) is 0 Å². The Kier molecular flexibility index (Phi) is 5.44. The van der Waals surface area contributed by atoms with Crippen LogP contribution in [0, 0.1) is 16.0 Å². The molecule has 0 N–H and O–H groups in total. The molecule has 0 aliphatic carbocycles. The van der Waals surface area contributed by atoms with Crippen LogP contribution in [0.2, 0.25) is 0 Å². The fraction of sp³-hybridized carbons (Fsp3) is 0.350. The van der Waals surface area contributed by atoms with E-state index in [1.54, 1.807) is 4.90 Å². The maximum atomic E-state index is 12.9. The third-order valence-electron chi connectivity index (χ3n) is 5.46. The quantitative estimate of drug-likeness (QED) is 0.538. The van der Waals surface area contributed by atoms with Gasteiger partial charge in [0.15, 0.2) is 0 Å². The first-order valence-corrected chi connectivity index (χ1v) is 11.0. The maximum Gasteiger partial charge on any atom is 0.269 e. The minimum atomic E-state index is -3.77. The van der Waals surface area contributed by atoms with Gasteiger partial charge in [-0.2, -0.15) is 4.31 Å². The lowest BCUT2D eigenvalue weighted by Gasteiger charge is -2.36. The fourth-order valence-electron chi connectivity index (χ4n) is 3.78. The van der Waals surface area contributed by atoms with Crippen LogP contribution in [0.4, 0.5) is 5.69 Å². The Morgan fingerprint density at radius 2 is 1.70 bits per heavy atom. The van der Waals surface area contributed by atoms with Crippen molar-refractivity contribution >= 4 is 21.6 Å². The summed E-state index contributed by atoms with van der Waals surface area (Å²) in [5.41, 5.74) is 0.835. The first kappa shape index (κ1) is 20.3. The average molecular weight is 431 g/mol. The number of hydrogen-bond acceptors (Lipinski definition) is 6. The molecule has 30 heavy (non-hydrogen) atoms. The predicted octanol–water partition coefficient (Wildman–Crippen LogP) is 1.68. The Labute approximate surface area is 174 Å². The molecule has 0 unspecified atom stereocenters. The number of piperazine rings is 1. The van der Waals surface area contributed by atoms with Crippen molar-refractivity contribution in [3.8, 4) is 5.75 Å². The molecule has 2 aromatic rings. The number of benzene rings is 2. The van der Waals surface area contributed by atoms with Crippen LogP contribution in [0.5, 0.6) is 5.75 Å². The van der Waals surface area contributed by atoms with Crippen LogP contribution >= 0.6 is 0 Å². The van der Waals surface area contributed by atoms with Gasteiger partial charge in [0.2, 0.25) is 15.9 Å². The van der Waals surface area contributed by atoms with Crippen molar-refractivity contribution in [2.75, 3.05) is 32.8 Å². The van der Waals surface area contributed by atoms with Gasteiger partial charge in [0.25, 0.3) is 5.69 Å². The van der Waals surface area contributed by atoms with E-state index in [4.69, 9.17) is 4.74 Å². The summed E-state index contributed by atoms with van der Waals surface area (Å²) in [6.45, 7) is 1.26. The average Bonchev–Trinajstić information content (AvgIpc) is 2.78. The number of nitro groups is 1. The Morgan fingerprint density at radius 3 is 2.37 bits per heavy atom. The largest absolute Gasteiger partial charge is 0.492 e. The van der Waals surface area contributed by atoms with E-state index < -0.39 is 14.9 Å². The molecule has 158 valence electrons. The van der Waals surface area contributed by atoms with E-state index in [0.29, 0.717) is 26.1 Å². The number of nitro benzene ring substituents is 1. The van der Waals surface area contributed by atoms with E-state index >= 15 is 0 Å². The second-order valence-electron chi connectivity index (χ2n) is 7.30. The van der Waals surface area contributed by atoms with Gasteiger partial charge < -0.3 is 9.64 Å². The number of para-hydroxylation sites is 1. The van der Waals surface area contributed by atoms with Crippen molar-refractivity contribution in [2.24, 2.45) is 5.92 Å². The van der Waals surface area contributed by atoms with E-state index in [2.05, 4.69) is 0 Å². The Hall–Kier alpha value is -2.98. The Bertz CT molecular complexity index is 1060. The molecule has 1 fully saturated rings. The molecule has 0 spiro atoms. The normalized spacial score (nSPS) is 19.6. The number of nitrogens with zero attached hydrogens (tertiary/aromatic N) is 3. The lowest BCUT2D eigenvalue weighted by molar-refractivity contribution is -0.384. The summed E-state index contributed by atoms with van der Waals surface area (Å²) >= 11 is 0. The molecule has 0 aromatic heterocycles. The molecule has 2 aliphatic rings. The van der Waals surface area contributed by atoms with Crippen molar-refractivity contribution in [1.29, 1.82) is 0 Å². The number of fused-ring (bicyclic) bond motifs is 1. The highest BCUT2D eigenvalue weighted by atomic mass is 32.2. The van der Waals surface area contributed by atoms with E-state index in [-0.39, 0.29) is 35.5 Å². The van der Waals surface area contributed by atoms with Crippen molar-refractivity contribution in [3.05, 3.63) is 64.2 Å². The second kappa shape index (κ2) is 8.04.